The molecule has 4 nitrogen and oxygen atoms in total. The minimum Gasteiger partial charge on any atom is -0.267 e. The first-order chi connectivity index (χ1) is 8.66. The van der Waals surface area contributed by atoms with E-state index in [0.717, 1.165) is 3.79 Å². The highest BCUT2D eigenvalue weighted by molar-refractivity contribution is 9.11. The molecule has 92 valence electrons. The van der Waals surface area contributed by atoms with Crippen molar-refractivity contribution in [3.8, 4) is 0 Å². The second-order valence-electron chi connectivity index (χ2n) is 3.41. The largest absolute Gasteiger partial charge is 0.270 e. The molecule has 0 fully saturated rings. The normalized spacial score (nSPS) is 9.83. The lowest BCUT2D eigenvalue weighted by molar-refractivity contribution is 0.0847. The van der Waals surface area contributed by atoms with Gasteiger partial charge in [0.1, 0.15) is 0 Å². The van der Waals surface area contributed by atoms with Crippen molar-refractivity contribution >= 4 is 39.1 Å². The van der Waals surface area contributed by atoms with Gasteiger partial charge in [0.15, 0.2) is 0 Å². The van der Waals surface area contributed by atoms with Gasteiger partial charge in [0.25, 0.3) is 11.8 Å². The van der Waals surface area contributed by atoms with E-state index in [1.54, 1.807) is 35.7 Å². The molecule has 1 aromatic carbocycles. The number of hydrogen-bond donors (Lipinski definition) is 2. The summed E-state index contributed by atoms with van der Waals surface area (Å²) in [6, 6.07) is 10.4. The van der Waals surface area contributed by atoms with E-state index in [2.05, 4.69) is 26.8 Å². The second kappa shape index (κ2) is 5.79. The van der Waals surface area contributed by atoms with E-state index in [1.807, 2.05) is 6.07 Å². The van der Waals surface area contributed by atoms with Crippen LogP contribution in [0.1, 0.15) is 20.7 Å². The fourth-order valence-electron chi connectivity index (χ4n) is 1.28. The zero-order valence-electron chi connectivity index (χ0n) is 9.14. The number of amides is 2. The second-order valence-corrected chi connectivity index (χ2v) is 5.70. The Bertz CT molecular complexity index is 568. The van der Waals surface area contributed by atoms with Gasteiger partial charge in [-0.1, -0.05) is 18.2 Å². The molecule has 0 aliphatic heterocycles. The van der Waals surface area contributed by atoms with Crippen LogP contribution in [0.15, 0.2) is 45.6 Å². The number of benzene rings is 1. The maximum absolute atomic E-state index is 11.7. The fourth-order valence-corrected chi connectivity index (χ4v) is 2.41. The Balaban J connectivity index is 1.92. The summed E-state index contributed by atoms with van der Waals surface area (Å²) >= 11 is 4.67. The van der Waals surface area contributed by atoms with E-state index < -0.39 is 0 Å². The molecular formula is C12H9BrN2O2S. The van der Waals surface area contributed by atoms with Crippen molar-refractivity contribution in [2.45, 2.75) is 0 Å². The van der Waals surface area contributed by atoms with Crippen molar-refractivity contribution in [1.29, 1.82) is 0 Å². The van der Waals surface area contributed by atoms with Crippen LogP contribution in [0, 0.1) is 0 Å². The highest BCUT2D eigenvalue weighted by Crippen LogP contribution is 2.20. The van der Waals surface area contributed by atoms with Crippen LogP contribution in [-0.2, 0) is 0 Å². The lowest BCUT2D eigenvalue weighted by Crippen LogP contribution is -2.41. The molecule has 0 aliphatic carbocycles. The predicted molar refractivity (Wildman–Crippen MR) is 73.4 cm³/mol. The van der Waals surface area contributed by atoms with Gasteiger partial charge in [-0.05, 0) is 34.1 Å². The molecule has 0 bridgehead atoms. The van der Waals surface area contributed by atoms with Crippen LogP contribution in [0.2, 0.25) is 0 Å². The van der Waals surface area contributed by atoms with Crippen LogP contribution in [-0.4, -0.2) is 11.8 Å². The third-order valence-electron chi connectivity index (χ3n) is 2.16. The number of hydrazine groups is 1. The molecule has 0 atom stereocenters. The highest BCUT2D eigenvalue weighted by Gasteiger charge is 2.09. The van der Waals surface area contributed by atoms with Gasteiger partial charge in [0.2, 0.25) is 0 Å². The first-order valence-electron chi connectivity index (χ1n) is 5.06. The van der Waals surface area contributed by atoms with Crippen molar-refractivity contribution in [3.05, 3.63) is 56.7 Å². The lowest BCUT2D eigenvalue weighted by atomic mass is 10.2. The van der Waals surface area contributed by atoms with Gasteiger partial charge in [-0.25, -0.2) is 0 Å². The highest BCUT2D eigenvalue weighted by atomic mass is 79.9. The summed E-state index contributed by atoms with van der Waals surface area (Å²) in [5.74, 6) is -0.695. The minimum absolute atomic E-state index is 0.346. The molecule has 0 unspecified atom stereocenters. The van der Waals surface area contributed by atoms with E-state index in [4.69, 9.17) is 0 Å². The number of carbonyl (C=O) groups is 2. The van der Waals surface area contributed by atoms with Crippen LogP contribution < -0.4 is 10.9 Å². The molecule has 0 saturated carbocycles. The summed E-state index contributed by atoms with van der Waals surface area (Å²) in [4.78, 5) is 23.3. The first-order valence-corrected chi connectivity index (χ1v) is 6.74. The Kier molecular flexibility index (Phi) is 4.11. The van der Waals surface area contributed by atoms with E-state index in [0.29, 0.717) is 11.1 Å². The Morgan fingerprint density at radius 1 is 1.00 bits per heavy atom. The number of nitrogens with one attached hydrogen (secondary N) is 2. The topological polar surface area (TPSA) is 58.2 Å². The molecule has 0 aliphatic rings. The van der Waals surface area contributed by atoms with Crippen LogP contribution >= 0.6 is 27.3 Å². The maximum atomic E-state index is 11.7. The van der Waals surface area contributed by atoms with Crippen LogP contribution in [0.25, 0.3) is 0 Å². The van der Waals surface area contributed by atoms with Gasteiger partial charge in [-0.3, -0.25) is 20.4 Å². The van der Waals surface area contributed by atoms with Crippen LogP contribution in [0.5, 0.6) is 0 Å². The quantitative estimate of drug-likeness (QED) is 0.834. The van der Waals surface area contributed by atoms with Gasteiger partial charge < -0.3 is 0 Å². The van der Waals surface area contributed by atoms with Gasteiger partial charge in [-0.2, -0.15) is 0 Å². The van der Waals surface area contributed by atoms with E-state index in [1.165, 1.54) is 11.3 Å². The number of carbonyl (C=O) groups excluding carboxylic acids is 2. The molecule has 2 N–H and O–H groups in total. The van der Waals surface area contributed by atoms with Crippen LogP contribution in [0.4, 0.5) is 0 Å². The molecule has 2 amide bonds. The summed E-state index contributed by atoms with van der Waals surface area (Å²) in [7, 11) is 0. The molecule has 6 heteroatoms. The standard InChI is InChI=1S/C12H9BrN2O2S/c13-10-6-9(7-18-10)12(17)15-14-11(16)8-4-2-1-3-5-8/h1-7H,(H,14,16)(H,15,17). The average molecular weight is 325 g/mol. The fraction of sp³-hybridized carbons (Fsp3) is 0. The third-order valence-corrected chi connectivity index (χ3v) is 3.66. The average Bonchev–Trinajstić information content (AvgIpc) is 2.83. The molecule has 0 saturated heterocycles. The molecule has 2 rings (SSSR count). The van der Waals surface area contributed by atoms with Gasteiger partial charge in [-0.15, -0.1) is 11.3 Å². The number of halogens is 1. The molecule has 18 heavy (non-hydrogen) atoms. The van der Waals surface area contributed by atoms with E-state index in [9.17, 15) is 9.59 Å². The monoisotopic (exact) mass is 324 g/mol. The minimum atomic E-state index is -0.349. The molecule has 1 heterocycles. The van der Waals surface area contributed by atoms with Crippen LogP contribution in [0.3, 0.4) is 0 Å². The number of thiophene rings is 1. The summed E-state index contributed by atoms with van der Waals surface area (Å²) in [6.07, 6.45) is 0. The summed E-state index contributed by atoms with van der Waals surface area (Å²) < 4.78 is 0.863. The van der Waals surface area contributed by atoms with Gasteiger partial charge in [0, 0.05) is 10.9 Å². The summed E-state index contributed by atoms with van der Waals surface area (Å²) in [5, 5.41) is 1.70. The zero-order valence-corrected chi connectivity index (χ0v) is 11.5. The Labute approximate surface area is 116 Å². The Morgan fingerprint density at radius 3 is 2.17 bits per heavy atom. The van der Waals surface area contributed by atoms with E-state index in [-0.39, 0.29) is 11.8 Å². The SMILES string of the molecule is O=C(NNC(=O)c1csc(Br)c1)c1ccccc1. The number of rotatable bonds is 2. The first kappa shape index (κ1) is 12.8. The maximum Gasteiger partial charge on any atom is 0.270 e. The predicted octanol–water partition coefficient (Wildman–Crippen LogP) is 2.59. The Morgan fingerprint density at radius 2 is 1.61 bits per heavy atom. The lowest BCUT2D eigenvalue weighted by Gasteiger charge is -2.05. The molecule has 2 aromatic rings. The summed E-state index contributed by atoms with van der Waals surface area (Å²) in [5.41, 5.74) is 5.71. The van der Waals surface area contributed by atoms with Crippen molar-refractivity contribution < 1.29 is 9.59 Å². The molecule has 1 aromatic heterocycles. The van der Waals surface area contributed by atoms with Crippen molar-refractivity contribution in [2.75, 3.05) is 0 Å². The number of hydrogen-bond acceptors (Lipinski definition) is 3. The molecule has 0 radical (unpaired) electrons. The Hall–Kier alpha value is -1.66. The summed E-state index contributed by atoms with van der Waals surface area (Å²) in [6.45, 7) is 0. The van der Waals surface area contributed by atoms with Gasteiger partial charge >= 0.3 is 0 Å². The van der Waals surface area contributed by atoms with Crippen molar-refractivity contribution in [3.63, 3.8) is 0 Å². The smallest absolute Gasteiger partial charge is 0.267 e. The molecular weight excluding hydrogens is 316 g/mol. The zero-order chi connectivity index (χ0) is 13.0. The van der Waals surface area contributed by atoms with Crippen molar-refractivity contribution in [1.82, 2.24) is 10.9 Å². The van der Waals surface area contributed by atoms with Crippen molar-refractivity contribution in [2.24, 2.45) is 0 Å². The third kappa shape index (κ3) is 3.18. The van der Waals surface area contributed by atoms with E-state index >= 15 is 0 Å². The van der Waals surface area contributed by atoms with Gasteiger partial charge in [0.05, 0.1) is 9.35 Å². The molecule has 0 spiro atoms.